The Kier molecular flexibility index (Phi) is 6.41. The highest BCUT2D eigenvalue weighted by molar-refractivity contribution is 7.26. The number of thiophene rings is 1. The maximum atomic E-state index is 2.50. The van der Waals surface area contributed by atoms with Crippen LogP contribution in [0.4, 0.5) is 17.1 Å². The van der Waals surface area contributed by atoms with Crippen molar-refractivity contribution in [3.8, 4) is 33.4 Å². The van der Waals surface area contributed by atoms with E-state index in [1.54, 1.807) is 0 Å². The summed E-state index contributed by atoms with van der Waals surface area (Å²) < 4.78 is 2.60. The van der Waals surface area contributed by atoms with Crippen LogP contribution in [0.1, 0.15) is 25.0 Å². The molecule has 1 aromatic heterocycles. The molecule has 0 radical (unpaired) electrons. The van der Waals surface area contributed by atoms with Crippen LogP contribution >= 0.6 is 11.3 Å². The first kappa shape index (κ1) is 27.8. The molecule has 1 heterocycles. The van der Waals surface area contributed by atoms with Crippen LogP contribution in [0.2, 0.25) is 0 Å². The van der Waals surface area contributed by atoms with E-state index in [1.165, 1.54) is 76.1 Å². The van der Waals surface area contributed by atoms with Gasteiger partial charge in [0.25, 0.3) is 0 Å². The maximum absolute atomic E-state index is 2.50. The zero-order chi connectivity index (χ0) is 31.5. The largest absolute Gasteiger partial charge is 0.309 e. The lowest BCUT2D eigenvalue weighted by Crippen LogP contribution is -2.16. The number of hydrogen-bond acceptors (Lipinski definition) is 2. The molecular weight excluding hydrogens is 587 g/mol. The van der Waals surface area contributed by atoms with Gasteiger partial charge < -0.3 is 4.90 Å². The second kappa shape index (κ2) is 10.8. The number of nitrogens with zero attached hydrogens (tertiary/aromatic N) is 1. The van der Waals surface area contributed by atoms with Crippen molar-refractivity contribution < 1.29 is 0 Å². The second-order valence-corrected chi connectivity index (χ2v) is 14.0. The van der Waals surface area contributed by atoms with Crippen molar-refractivity contribution >= 4 is 48.6 Å². The maximum Gasteiger partial charge on any atom is 0.0640 e. The van der Waals surface area contributed by atoms with Crippen LogP contribution < -0.4 is 4.90 Å². The van der Waals surface area contributed by atoms with E-state index in [4.69, 9.17) is 0 Å². The average molecular weight is 620 g/mol. The van der Waals surface area contributed by atoms with E-state index < -0.39 is 0 Å². The zero-order valence-electron chi connectivity index (χ0n) is 26.4. The second-order valence-electron chi connectivity index (χ2n) is 13.0. The Hall–Kier alpha value is -5.44. The number of fused-ring (bicyclic) bond motifs is 6. The van der Waals surface area contributed by atoms with Gasteiger partial charge in [0.2, 0.25) is 0 Å². The molecule has 9 rings (SSSR count). The van der Waals surface area contributed by atoms with Gasteiger partial charge >= 0.3 is 0 Å². The van der Waals surface area contributed by atoms with Gasteiger partial charge in [-0.3, -0.25) is 0 Å². The number of anilines is 3. The molecule has 0 spiro atoms. The summed E-state index contributed by atoms with van der Waals surface area (Å²) in [6, 6.07) is 60.1. The molecule has 7 aromatic carbocycles. The molecule has 1 nitrogen and oxygen atoms in total. The Bertz CT molecular complexity index is 2380. The van der Waals surface area contributed by atoms with Gasteiger partial charge in [0, 0.05) is 32.3 Å². The molecule has 0 amide bonds. The van der Waals surface area contributed by atoms with E-state index in [-0.39, 0.29) is 5.41 Å². The molecule has 0 atom stereocenters. The molecule has 1 aliphatic rings. The van der Waals surface area contributed by atoms with Crippen LogP contribution in [0, 0.1) is 0 Å². The number of rotatable bonds is 5. The molecule has 0 fully saturated rings. The predicted octanol–water partition coefficient (Wildman–Crippen LogP) is 13.2. The van der Waals surface area contributed by atoms with Gasteiger partial charge in [-0.1, -0.05) is 135 Å². The lowest BCUT2D eigenvalue weighted by molar-refractivity contribution is 0.660. The lowest BCUT2D eigenvalue weighted by Gasteiger charge is -2.29. The van der Waals surface area contributed by atoms with Crippen LogP contribution in [0.5, 0.6) is 0 Å². The summed E-state index contributed by atoms with van der Waals surface area (Å²) in [6.45, 7) is 4.73. The first-order valence-corrected chi connectivity index (χ1v) is 17.1. The van der Waals surface area contributed by atoms with Crippen molar-refractivity contribution in [2.75, 3.05) is 4.90 Å². The fraction of sp³-hybridized carbons (Fsp3) is 0.0667. The summed E-state index contributed by atoms with van der Waals surface area (Å²) in [5.41, 5.74) is 13.6. The van der Waals surface area contributed by atoms with Crippen molar-refractivity contribution in [3.63, 3.8) is 0 Å². The van der Waals surface area contributed by atoms with Crippen molar-refractivity contribution in [1.82, 2.24) is 0 Å². The number of benzene rings is 7. The highest BCUT2D eigenvalue weighted by Crippen LogP contribution is 2.52. The lowest BCUT2D eigenvalue weighted by atomic mass is 9.82. The summed E-state index contributed by atoms with van der Waals surface area (Å²) in [5, 5.41) is 2.60. The van der Waals surface area contributed by atoms with Gasteiger partial charge in [0.1, 0.15) is 0 Å². The van der Waals surface area contributed by atoms with Gasteiger partial charge in [-0.05, 0) is 87.0 Å². The Morgan fingerprint density at radius 2 is 1.06 bits per heavy atom. The highest BCUT2D eigenvalue weighted by atomic mass is 32.1. The molecule has 0 N–H and O–H groups in total. The zero-order valence-corrected chi connectivity index (χ0v) is 27.3. The first-order chi connectivity index (χ1) is 23.1. The fourth-order valence-electron chi connectivity index (χ4n) is 7.50. The molecular formula is C45H33NS. The van der Waals surface area contributed by atoms with Crippen molar-refractivity contribution in [2.24, 2.45) is 0 Å². The molecule has 1 aliphatic carbocycles. The van der Waals surface area contributed by atoms with Crippen LogP contribution in [-0.4, -0.2) is 0 Å². The van der Waals surface area contributed by atoms with Crippen LogP contribution in [0.3, 0.4) is 0 Å². The molecule has 0 aliphatic heterocycles. The van der Waals surface area contributed by atoms with Crippen LogP contribution in [0.15, 0.2) is 164 Å². The van der Waals surface area contributed by atoms with Crippen molar-refractivity contribution in [1.29, 1.82) is 0 Å². The molecule has 8 aromatic rings. The minimum Gasteiger partial charge on any atom is -0.309 e. The van der Waals surface area contributed by atoms with Crippen LogP contribution in [-0.2, 0) is 5.41 Å². The third kappa shape index (κ3) is 4.52. The van der Waals surface area contributed by atoms with Gasteiger partial charge in [0.05, 0.1) is 10.4 Å². The molecule has 224 valence electrons. The Balaban J connectivity index is 1.34. The Labute approximate surface area is 280 Å². The summed E-state index contributed by atoms with van der Waals surface area (Å²) in [5.74, 6) is 0. The smallest absolute Gasteiger partial charge is 0.0640 e. The summed E-state index contributed by atoms with van der Waals surface area (Å²) in [7, 11) is 0. The summed E-state index contributed by atoms with van der Waals surface area (Å²) in [4.78, 5) is 2.50. The van der Waals surface area contributed by atoms with Crippen LogP contribution in [0.25, 0.3) is 53.6 Å². The van der Waals surface area contributed by atoms with E-state index in [2.05, 4.69) is 183 Å². The van der Waals surface area contributed by atoms with E-state index in [0.29, 0.717) is 0 Å². The standard InChI is InChI=1S/C45H33NS/c1-45(2)40-21-11-9-18-36(40)37-25-24-34(29-41(37)45)46(42-22-13-20-39-38-19-10-12-23-43(38)47-44(39)42)35-27-32(30-14-5-3-6-15-30)26-33(28-35)31-16-7-4-8-17-31/h3-29H,1-2H3. The van der Waals surface area contributed by atoms with Gasteiger partial charge in [-0.2, -0.15) is 0 Å². The molecule has 47 heavy (non-hydrogen) atoms. The highest BCUT2D eigenvalue weighted by Gasteiger charge is 2.36. The molecule has 2 heteroatoms. The fourth-order valence-corrected chi connectivity index (χ4v) is 8.71. The Morgan fingerprint density at radius 3 is 1.81 bits per heavy atom. The van der Waals surface area contributed by atoms with Gasteiger partial charge in [-0.25, -0.2) is 0 Å². The molecule has 0 unspecified atom stereocenters. The minimum absolute atomic E-state index is 0.0989. The van der Waals surface area contributed by atoms with E-state index >= 15 is 0 Å². The van der Waals surface area contributed by atoms with Crippen molar-refractivity contribution in [3.05, 3.63) is 175 Å². The topological polar surface area (TPSA) is 3.24 Å². The normalized spacial score (nSPS) is 13.1. The third-order valence-electron chi connectivity index (χ3n) is 9.84. The van der Waals surface area contributed by atoms with Crippen molar-refractivity contribution in [2.45, 2.75) is 19.3 Å². The Morgan fingerprint density at radius 1 is 0.447 bits per heavy atom. The van der Waals surface area contributed by atoms with Gasteiger partial charge in [0.15, 0.2) is 0 Å². The average Bonchev–Trinajstić information content (AvgIpc) is 3.62. The molecule has 0 bridgehead atoms. The van der Waals surface area contributed by atoms with E-state index in [1.807, 2.05) is 11.3 Å². The molecule has 0 saturated carbocycles. The monoisotopic (exact) mass is 619 g/mol. The van der Waals surface area contributed by atoms with Gasteiger partial charge in [-0.15, -0.1) is 11.3 Å². The minimum atomic E-state index is -0.0989. The quantitative estimate of drug-likeness (QED) is 0.185. The number of hydrogen-bond donors (Lipinski definition) is 0. The first-order valence-electron chi connectivity index (χ1n) is 16.3. The summed E-state index contributed by atoms with van der Waals surface area (Å²) >= 11 is 1.88. The summed E-state index contributed by atoms with van der Waals surface area (Å²) in [6.07, 6.45) is 0. The molecule has 0 saturated heterocycles. The predicted molar refractivity (Wildman–Crippen MR) is 202 cm³/mol. The van der Waals surface area contributed by atoms with E-state index in [0.717, 1.165) is 5.69 Å². The van der Waals surface area contributed by atoms with E-state index in [9.17, 15) is 0 Å². The third-order valence-corrected chi connectivity index (χ3v) is 11.0. The SMILES string of the molecule is CC1(C)c2ccccc2-c2ccc(N(c3cc(-c4ccccc4)cc(-c4ccccc4)c3)c3cccc4c3sc3ccccc34)cc21.